The summed E-state index contributed by atoms with van der Waals surface area (Å²) >= 11 is 1.49. The van der Waals surface area contributed by atoms with E-state index in [1.807, 2.05) is 36.4 Å². The first-order valence-corrected chi connectivity index (χ1v) is 7.89. The van der Waals surface area contributed by atoms with Crippen LogP contribution in [-0.4, -0.2) is 11.4 Å². The van der Waals surface area contributed by atoms with Gasteiger partial charge in [-0.05, 0) is 23.1 Å². The van der Waals surface area contributed by atoms with Gasteiger partial charge in [0.25, 0.3) is 0 Å². The average molecular weight is 297 g/mol. The Morgan fingerprint density at radius 1 is 1.10 bits per heavy atom. The number of aryl methyl sites for hydroxylation is 1. The van der Waals surface area contributed by atoms with Crippen molar-refractivity contribution in [3.05, 3.63) is 71.3 Å². The van der Waals surface area contributed by atoms with Crippen molar-refractivity contribution in [3.8, 4) is 0 Å². The van der Waals surface area contributed by atoms with Gasteiger partial charge in [0.2, 0.25) is 0 Å². The van der Waals surface area contributed by atoms with E-state index in [4.69, 9.17) is 5.73 Å². The Morgan fingerprint density at radius 2 is 1.81 bits per heavy atom. The maximum atomic E-state index is 5.86. The summed E-state index contributed by atoms with van der Waals surface area (Å²) in [5.74, 6) is 0.803. The van der Waals surface area contributed by atoms with Crippen LogP contribution in [0, 0.1) is 0 Å². The SMILES string of the molecule is CCc1ccccc1C=NN=C(N)SCc1ccccc1. The van der Waals surface area contributed by atoms with Gasteiger partial charge in [-0.2, -0.15) is 5.10 Å². The maximum Gasteiger partial charge on any atom is 0.180 e. The average Bonchev–Trinajstić information content (AvgIpc) is 2.54. The Hall–Kier alpha value is -2.07. The third kappa shape index (κ3) is 5.08. The van der Waals surface area contributed by atoms with Gasteiger partial charge in [-0.25, -0.2) is 0 Å². The van der Waals surface area contributed by atoms with Gasteiger partial charge in [0.15, 0.2) is 5.17 Å². The van der Waals surface area contributed by atoms with Crippen LogP contribution >= 0.6 is 11.8 Å². The van der Waals surface area contributed by atoms with Crippen LogP contribution in [0.25, 0.3) is 0 Å². The van der Waals surface area contributed by atoms with Gasteiger partial charge in [0, 0.05) is 5.75 Å². The molecule has 0 radical (unpaired) electrons. The Labute approximate surface area is 130 Å². The van der Waals surface area contributed by atoms with E-state index in [2.05, 4.69) is 35.3 Å². The molecule has 2 rings (SSSR count). The molecule has 2 aromatic carbocycles. The van der Waals surface area contributed by atoms with E-state index in [0.29, 0.717) is 5.17 Å². The van der Waals surface area contributed by atoms with E-state index in [1.54, 1.807) is 6.21 Å². The normalized spacial score (nSPS) is 12.0. The molecule has 2 N–H and O–H groups in total. The molecule has 0 aliphatic carbocycles. The Kier molecular flexibility index (Phi) is 6.03. The molecule has 0 fully saturated rings. The first-order chi connectivity index (χ1) is 10.3. The number of rotatable bonds is 5. The molecular formula is C17H19N3S. The second-order valence-corrected chi connectivity index (χ2v) is 5.51. The van der Waals surface area contributed by atoms with Crippen molar-refractivity contribution < 1.29 is 0 Å². The minimum Gasteiger partial charge on any atom is -0.377 e. The molecule has 2 aromatic rings. The van der Waals surface area contributed by atoms with Gasteiger partial charge in [0.1, 0.15) is 0 Å². The van der Waals surface area contributed by atoms with Crippen LogP contribution in [0.1, 0.15) is 23.6 Å². The van der Waals surface area contributed by atoms with Crippen LogP contribution in [0.2, 0.25) is 0 Å². The Balaban J connectivity index is 1.92. The van der Waals surface area contributed by atoms with Crippen molar-refractivity contribution in [1.29, 1.82) is 0 Å². The van der Waals surface area contributed by atoms with Crippen LogP contribution in [0.3, 0.4) is 0 Å². The number of hydrogen-bond donors (Lipinski definition) is 1. The Bertz CT molecular complexity index is 621. The van der Waals surface area contributed by atoms with E-state index in [-0.39, 0.29) is 0 Å². The number of thioether (sulfide) groups is 1. The van der Waals surface area contributed by atoms with E-state index in [9.17, 15) is 0 Å². The zero-order valence-corrected chi connectivity index (χ0v) is 12.9. The fourth-order valence-electron chi connectivity index (χ4n) is 1.89. The topological polar surface area (TPSA) is 50.7 Å². The third-order valence-electron chi connectivity index (χ3n) is 3.02. The lowest BCUT2D eigenvalue weighted by molar-refractivity contribution is 1.13. The molecule has 0 amide bonds. The van der Waals surface area contributed by atoms with Crippen molar-refractivity contribution >= 4 is 23.1 Å². The summed E-state index contributed by atoms with van der Waals surface area (Å²) in [5.41, 5.74) is 9.42. The lowest BCUT2D eigenvalue weighted by atomic mass is 10.1. The monoisotopic (exact) mass is 297 g/mol. The predicted octanol–water partition coefficient (Wildman–Crippen LogP) is 3.83. The predicted molar refractivity (Wildman–Crippen MR) is 92.8 cm³/mol. The lowest BCUT2D eigenvalue weighted by Crippen LogP contribution is -2.06. The molecule has 108 valence electrons. The molecule has 21 heavy (non-hydrogen) atoms. The fourth-order valence-corrected chi connectivity index (χ4v) is 2.50. The maximum absolute atomic E-state index is 5.86. The standard InChI is InChI=1S/C17H19N3S/c1-2-15-10-6-7-11-16(15)12-19-20-17(18)21-13-14-8-4-3-5-9-14/h3-12H,2,13H2,1H3,(H2,18,20). The molecular weight excluding hydrogens is 278 g/mol. The highest BCUT2D eigenvalue weighted by Crippen LogP contribution is 2.11. The van der Waals surface area contributed by atoms with E-state index in [0.717, 1.165) is 17.7 Å². The molecule has 0 bridgehead atoms. The molecule has 0 atom stereocenters. The first kappa shape index (κ1) is 15.3. The summed E-state index contributed by atoms with van der Waals surface area (Å²) in [4.78, 5) is 0. The molecule has 3 nitrogen and oxygen atoms in total. The number of nitrogens with two attached hydrogens (primary N) is 1. The highest BCUT2D eigenvalue weighted by atomic mass is 32.2. The smallest absolute Gasteiger partial charge is 0.180 e. The summed E-state index contributed by atoms with van der Waals surface area (Å²) in [5, 5.41) is 8.59. The van der Waals surface area contributed by atoms with Crippen LogP contribution in [0.15, 0.2) is 64.8 Å². The summed E-state index contributed by atoms with van der Waals surface area (Å²) in [7, 11) is 0. The summed E-state index contributed by atoms with van der Waals surface area (Å²) in [6.45, 7) is 2.13. The molecule has 0 unspecified atom stereocenters. The summed E-state index contributed by atoms with van der Waals surface area (Å²) in [6, 6.07) is 18.3. The lowest BCUT2D eigenvalue weighted by Gasteiger charge is -2.01. The molecule has 0 aliphatic heterocycles. The number of benzene rings is 2. The van der Waals surface area contributed by atoms with Gasteiger partial charge in [0.05, 0.1) is 6.21 Å². The van der Waals surface area contributed by atoms with Crippen LogP contribution in [0.5, 0.6) is 0 Å². The molecule has 4 heteroatoms. The molecule has 0 spiro atoms. The summed E-state index contributed by atoms with van der Waals surface area (Å²) < 4.78 is 0. The van der Waals surface area contributed by atoms with E-state index in [1.165, 1.54) is 22.9 Å². The largest absolute Gasteiger partial charge is 0.377 e. The minimum atomic E-state index is 0.476. The van der Waals surface area contributed by atoms with Crippen molar-refractivity contribution in [2.45, 2.75) is 19.1 Å². The minimum absolute atomic E-state index is 0.476. The highest BCUT2D eigenvalue weighted by molar-refractivity contribution is 8.13. The van der Waals surface area contributed by atoms with Gasteiger partial charge in [-0.3, -0.25) is 0 Å². The summed E-state index contributed by atoms with van der Waals surface area (Å²) in [6.07, 6.45) is 2.74. The second-order valence-electron chi connectivity index (χ2n) is 4.51. The van der Waals surface area contributed by atoms with E-state index < -0.39 is 0 Å². The third-order valence-corrected chi connectivity index (χ3v) is 3.87. The van der Waals surface area contributed by atoms with E-state index >= 15 is 0 Å². The van der Waals surface area contributed by atoms with Crippen LogP contribution < -0.4 is 5.73 Å². The molecule has 0 saturated carbocycles. The van der Waals surface area contributed by atoms with Crippen LogP contribution in [-0.2, 0) is 12.2 Å². The zero-order chi connectivity index (χ0) is 14.9. The van der Waals surface area contributed by atoms with Gasteiger partial charge < -0.3 is 5.73 Å². The van der Waals surface area contributed by atoms with Crippen LogP contribution in [0.4, 0.5) is 0 Å². The molecule has 0 saturated heterocycles. The number of hydrogen-bond acceptors (Lipinski definition) is 3. The second kappa shape index (κ2) is 8.27. The van der Waals surface area contributed by atoms with Crippen molar-refractivity contribution in [2.75, 3.05) is 0 Å². The Morgan fingerprint density at radius 3 is 2.57 bits per heavy atom. The van der Waals surface area contributed by atoms with Crippen molar-refractivity contribution in [3.63, 3.8) is 0 Å². The van der Waals surface area contributed by atoms with Gasteiger partial charge >= 0.3 is 0 Å². The van der Waals surface area contributed by atoms with Crippen molar-refractivity contribution in [1.82, 2.24) is 0 Å². The quantitative estimate of drug-likeness (QED) is 0.518. The number of amidine groups is 1. The molecule has 0 aromatic heterocycles. The zero-order valence-electron chi connectivity index (χ0n) is 12.1. The fraction of sp³-hybridized carbons (Fsp3) is 0.176. The molecule has 0 aliphatic rings. The van der Waals surface area contributed by atoms with Gasteiger partial charge in [-0.1, -0.05) is 73.3 Å². The van der Waals surface area contributed by atoms with Gasteiger partial charge in [-0.15, -0.1) is 5.10 Å². The molecule has 0 heterocycles. The first-order valence-electron chi connectivity index (χ1n) is 6.90. The highest BCUT2D eigenvalue weighted by Gasteiger charge is 1.97. The number of nitrogens with zero attached hydrogens (tertiary/aromatic N) is 2. The van der Waals surface area contributed by atoms with Crippen molar-refractivity contribution in [2.24, 2.45) is 15.9 Å².